The van der Waals surface area contributed by atoms with E-state index in [0.29, 0.717) is 18.0 Å². The number of halogens is 1. The molecule has 0 aliphatic heterocycles. The number of nitro groups is 1. The van der Waals surface area contributed by atoms with Crippen molar-refractivity contribution < 1.29 is 4.92 Å². The van der Waals surface area contributed by atoms with Crippen molar-refractivity contribution >= 4 is 21.6 Å². The molecule has 0 aliphatic rings. The normalized spacial score (nSPS) is 12.1. The van der Waals surface area contributed by atoms with Crippen LogP contribution in [0.1, 0.15) is 24.0 Å². The SMILES string of the molecule is C[C@@H](CNCc1c(Br)cccc1[N+](=O)[O-])c1ccccc1. The summed E-state index contributed by atoms with van der Waals surface area (Å²) in [7, 11) is 0. The van der Waals surface area contributed by atoms with Gasteiger partial charge in [-0.25, -0.2) is 0 Å². The Morgan fingerprint density at radius 3 is 2.57 bits per heavy atom. The van der Waals surface area contributed by atoms with Gasteiger partial charge in [0.25, 0.3) is 5.69 Å². The number of nitro benzene ring substituents is 1. The molecule has 0 bridgehead atoms. The van der Waals surface area contributed by atoms with Crippen molar-refractivity contribution in [3.05, 3.63) is 74.2 Å². The first-order valence-corrected chi connectivity index (χ1v) is 7.56. The van der Waals surface area contributed by atoms with Crippen LogP contribution in [-0.4, -0.2) is 11.5 Å². The Bertz CT molecular complexity index is 617. The summed E-state index contributed by atoms with van der Waals surface area (Å²) in [4.78, 5) is 10.7. The zero-order valence-electron chi connectivity index (χ0n) is 11.8. The molecular formula is C16H17BrN2O2. The van der Waals surface area contributed by atoms with Gasteiger partial charge in [0, 0.05) is 23.6 Å². The number of nitrogens with one attached hydrogen (secondary N) is 1. The molecule has 0 amide bonds. The molecule has 110 valence electrons. The van der Waals surface area contributed by atoms with Gasteiger partial charge in [-0.15, -0.1) is 0 Å². The van der Waals surface area contributed by atoms with E-state index in [2.05, 4.69) is 40.3 Å². The average Bonchev–Trinajstić information content (AvgIpc) is 2.49. The average molecular weight is 349 g/mol. The Kier molecular flexibility index (Phi) is 5.47. The molecule has 0 unspecified atom stereocenters. The predicted octanol–water partition coefficient (Wildman–Crippen LogP) is 4.25. The summed E-state index contributed by atoms with van der Waals surface area (Å²) in [5.74, 6) is 0.354. The van der Waals surface area contributed by atoms with Crippen LogP contribution in [0, 0.1) is 10.1 Å². The number of hydrogen-bond acceptors (Lipinski definition) is 3. The van der Waals surface area contributed by atoms with Crippen molar-refractivity contribution in [1.29, 1.82) is 0 Å². The third kappa shape index (κ3) is 4.12. The van der Waals surface area contributed by atoms with Crippen molar-refractivity contribution in [1.82, 2.24) is 5.32 Å². The van der Waals surface area contributed by atoms with Crippen LogP contribution in [-0.2, 0) is 6.54 Å². The first-order valence-electron chi connectivity index (χ1n) is 6.77. The summed E-state index contributed by atoms with van der Waals surface area (Å²) in [5.41, 5.74) is 2.08. The summed E-state index contributed by atoms with van der Waals surface area (Å²) in [6.45, 7) is 3.37. The van der Waals surface area contributed by atoms with E-state index in [1.165, 1.54) is 11.6 Å². The first-order chi connectivity index (χ1) is 10.1. The van der Waals surface area contributed by atoms with Gasteiger partial charge in [-0.3, -0.25) is 10.1 Å². The highest BCUT2D eigenvalue weighted by atomic mass is 79.9. The number of nitrogens with zero attached hydrogens (tertiary/aromatic N) is 1. The zero-order valence-corrected chi connectivity index (χ0v) is 13.3. The lowest BCUT2D eigenvalue weighted by molar-refractivity contribution is -0.385. The van der Waals surface area contributed by atoms with Crippen LogP contribution in [0.15, 0.2) is 53.0 Å². The molecule has 4 nitrogen and oxygen atoms in total. The summed E-state index contributed by atoms with van der Waals surface area (Å²) >= 11 is 3.38. The van der Waals surface area contributed by atoms with E-state index in [-0.39, 0.29) is 10.6 Å². The molecule has 0 saturated carbocycles. The fourth-order valence-electron chi connectivity index (χ4n) is 2.21. The summed E-state index contributed by atoms with van der Waals surface area (Å²) in [5, 5.41) is 14.4. The van der Waals surface area contributed by atoms with E-state index in [4.69, 9.17) is 0 Å². The maximum Gasteiger partial charge on any atom is 0.275 e. The van der Waals surface area contributed by atoms with Gasteiger partial charge >= 0.3 is 0 Å². The van der Waals surface area contributed by atoms with Crippen LogP contribution in [0.2, 0.25) is 0 Å². The molecule has 0 heterocycles. The van der Waals surface area contributed by atoms with Crippen LogP contribution in [0.4, 0.5) is 5.69 Å². The van der Waals surface area contributed by atoms with Gasteiger partial charge in [0.1, 0.15) is 0 Å². The molecule has 0 saturated heterocycles. The minimum Gasteiger partial charge on any atom is -0.312 e. The highest BCUT2D eigenvalue weighted by Crippen LogP contribution is 2.26. The van der Waals surface area contributed by atoms with Gasteiger partial charge in [-0.2, -0.15) is 0 Å². The fourth-order valence-corrected chi connectivity index (χ4v) is 2.70. The van der Waals surface area contributed by atoms with Crippen LogP contribution in [0.5, 0.6) is 0 Å². The Morgan fingerprint density at radius 1 is 1.19 bits per heavy atom. The van der Waals surface area contributed by atoms with Crippen molar-refractivity contribution in [3.63, 3.8) is 0 Å². The topological polar surface area (TPSA) is 55.2 Å². The molecule has 1 N–H and O–H groups in total. The second-order valence-electron chi connectivity index (χ2n) is 4.94. The van der Waals surface area contributed by atoms with Crippen molar-refractivity contribution in [2.45, 2.75) is 19.4 Å². The molecule has 0 spiro atoms. The van der Waals surface area contributed by atoms with Gasteiger partial charge in [0.15, 0.2) is 0 Å². The minimum atomic E-state index is -0.345. The van der Waals surface area contributed by atoms with Crippen LogP contribution < -0.4 is 5.32 Å². The van der Waals surface area contributed by atoms with Crippen LogP contribution in [0.25, 0.3) is 0 Å². The lowest BCUT2D eigenvalue weighted by atomic mass is 10.0. The summed E-state index contributed by atoms with van der Waals surface area (Å²) in [6.07, 6.45) is 0. The largest absolute Gasteiger partial charge is 0.312 e. The van der Waals surface area contributed by atoms with Crippen molar-refractivity contribution in [3.8, 4) is 0 Å². The van der Waals surface area contributed by atoms with E-state index >= 15 is 0 Å². The lowest BCUT2D eigenvalue weighted by Gasteiger charge is -2.13. The molecule has 21 heavy (non-hydrogen) atoms. The Labute approximate surface area is 132 Å². The fraction of sp³-hybridized carbons (Fsp3) is 0.250. The standard InChI is InChI=1S/C16H17BrN2O2/c1-12(13-6-3-2-4-7-13)10-18-11-14-15(17)8-5-9-16(14)19(20)21/h2-9,12,18H,10-11H2,1H3/t12-/m0/s1. The minimum absolute atomic E-state index is 0.143. The molecule has 0 radical (unpaired) electrons. The van der Waals surface area contributed by atoms with Crippen LogP contribution >= 0.6 is 15.9 Å². The van der Waals surface area contributed by atoms with E-state index in [0.717, 1.165) is 11.0 Å². The molecule has 0 aromatic heterocycles. The summed E-state index contributed by atoms with van der Waals surface area (Å²) in [6, 6.07) is 15.2. The Hall–Kier alpha value is -1.72. The smallest absolute Gasteiger partial charge is 0.275 e. The number of rotatable bonds is 6. The van der Waals surface area contributed by atoms with Crippen LogP contribution in [0.3, 0.4) is 0 Å². The Balaban J connectivity index is 1.99. The van der Waals surface area contributed by atoms with E-state index in [1.807, 2.05) is 24.3 Å². The molecule has 0 fully saturated rings. The quantitative estimate of drug-likeness (QED) is 0.627. The molecule has 2 aromatic rings. The predicted molar refractivity (Wildman–Crippen MR) is 87.4 cm³/mol. The van der Waals surface area contributed by atoms with Crippen molar-refractivity contribution in [2.24, 2.45) is 0 Å². The molecule has 1 atom stereocenters. The van der Waals surface area contributed by atoms with Gasteiger partial charge in [-0.1, -0.05) is 59.3 Å². The van der Waals surface area contributed by atoms with Gasteiger partial charge in [-0.05, 0) is 17.5 Å². The monoisotopic (exact) mass is 348 g/mol. The number of hydrogen-bond donors (Lipinski definition) is 1. The second-order valence-corrected chi connectivity index (χ2v) is 5.79. The maximum atomic E-state index is 11.0. The van der Waals surface area contributed by atoms with E-state index < -0.39 is 0 Å². The molecule has 0 aliphatic carbocycles. The van der Waals surface area contributed by atoms with E-state index in [9.17, 15) is 10.1 Å². The second kappa shape index (κ2) is 7.33. The van der Waals surface area contributed by atoms with E-state index in [1.54, 1.807) is 6.07 Å². The molecular weight excluding hydrogens is 332 g/mol. The Morgan fingerprint density at radius 2 is 1.90 bits per heavy atom. The highest BCUT2D eigenvalue weighted by molar-refractivity contribution is 9.10. The van der Waals surface area contributed by atoms with Gasteiger partial charge in [0.2, 0.25) is 0 Å². The third-order valence-corrected chi connectivity index (χ3v) is 4.15. The van der Waals surface area contributed by atoms with Gasteiger partial charge < -0.3 is 5.32 Å². The molecule has 2 rings (SSSR count). The molecule has 2 aromatic carbocycles. The third-order valence-electron chi connectivity index (χ3n) is 3.41. The highest BCUT2D eigenvalue weighted by Gasteiger charge is 2.16. The van der Waals surface area contributed by atoms with Crippen molar-refractivity contribution in [2.75, 3.05) is 6.54 Å². The van der Waals surface area contributed by atoms with Gasteiger partial charge in [0.05, 0.1) is 10.5 Å². The number of benzene rings is 2. The first kappa shape index (κ1) is 15.7. The summed E-state index contributed by atoms with van der Waals surface area (Å²) < 4.78 is 0.761. The zero-order chi connectivity index (χ0) is 15.2. The lowest BCUT2D eigenvalue weighted by Crippen LogP contribution is -2.20. The maximum absolute atomic E-state index is 11.0. The molecule has 5 heteroatoms.